The van der Waals surface area contributed by atoms with Gasteiger partial charge in [-0.2, -0.15) is 5.10 Å². The molecule has 0 amide bonds. The van der Waals surface area contributed by atoms with Crippen molar-refractivity contribution < 1.29 is 14.3 Å². The number of rotatable bonds is 2. The molecule has 0 aliphatic carbocycles. The first-order valence-electron chi connectivity index (χ1n) is 6.43. The van der Waals surface area contributed by atoms with Gasteiger partial charge in [0.2, 0.25) is 0 Å². The van der Waals surface area contributed by atoms with E-state index < -0.39 is 5.97 Å². The zero-order chi connectivity index (χ0) is 13.2. The highest BCUT2D eigenvalue weighted by atomic mass is 16.5. The maximum Gasteiger partial charge on any atom is 0.359 e. The van der Waals surface area contributed by atoms with Gasteiger partial charge in [0.1, 0.15) is 0 Å². The molecule has 0 atom stereocenters. The second kappa shape index (κ2) is 5.01. The van der Waals surface area contributed by atoms with E-state index in [1.807, 2.05) is 6.07 Å². The summed E-state index contributed by atoms with van der Waals surface area (Å²) >= 11 is 0. The zero-order valence-electron chi connectivity index (χ0n) is 10.8. The largest absolute Gasteiger partial charge is 0.464 e. The number of methoxy groups -OCH3 is 1. The summed E-state index contributed by atoms with van der Waals surface area (Å²) in [6.45, 7) is 1.64. The standard InChI is InChI=1S/C14H16N2O3/c1-18-14(17)13-11-3-2-10(8-12(11)15-16-13)9-4-6-19-7-5-9/h2-3,8-9H,4-7H2,1H3,(H,15,16). The lowest BCUT2D eigenvalue weighted by Gasteiger charge is -2.22. The summed E-state index contributed by atoms with van der Waals surface area (Å²) in [5.74, 6) is 0.119. The Bertz CT molecular complexity index is 600. The number of esters is 1. The van der Waals surface area contributed by atoms with Gasteiger partial charge in [0.25, 0.3) is 0 Å². The van der Waals surface area contributed by atoms with Gasteiger partial charge in [-0.3, -0.25) is 5.10 Å². The number of benzene rings is 1. The monoisotopic (exact) mass is 260 g/mol. The average molecular weight is 260 g/mol. The number of H-pyrrole nitrogens is 1. The molecule has 1 fully saturated rings. The van der Waals surface area contributed by atoms with Gasteiger partial charge in [0, 0.05) is 18.6 Å². The third-order valence-corrected chi connectivity index (χ3v) is 3.66. The predicted octanol–water partition coefficient (Wildman–Crippen LogP) is 2.24. The number of aromatic amines is 1. The van der Waals surface area contributed by atoms with E-state index in [-0.39, 0.29) is 0 Å². The van der Waals surface area contributed by atoms with Crippen molar-refractivity contribution in [2.24, 2.45) is 0 Å². The zero-order valence-corrected chi connectivity index (χ0v) is 10.8. The van der Waals surface area contributed by atoms with Crippen LogP contribution < -0.4 is 0 Å². The molecule has 0 spiro atoms. The Morgan fingerprint density at radius 2 is 2.21 bits per heavy atom. The normalized spacial score (nSPS) is 16.7. The number of fused-ring (bicyclic) bond motifs is 1. The van der Waals surface area contributed by atoms with Crippen molar-refractivity contribution in [1.82, 2.24) is 10.2 Å². The SMILES string of the molecule is COC(=O)c1n[nH]c2cc(C3CCOCC3)ccc12. The molecule has 2 heterocycles. The third-order valence-electron chi connectivity index (χ3n) is 3.66. The van der Waals surface area contributed by atoms with Gasteiger partial charge in [0.15, 0.2) is 5.69 Å². The third kappa shape index (κ3) is 2.21. The highest BCUT2D eigenvalue weighted by Gasteiger charge is 2.19. The van der Waals surface area contributed by atoms with Crippen molar-refractivity contribution in [2.45, 2.75) is 18.8 Å². The molecule has 100 valence electrons. The first-order chi connectivity index (χ1) is 9.29. The van der Waals surface area contributed by atoms with Crippen molar-refractivity contribution in [1.29, 1.82) is 0 Å². The molecule has 1 aliphatic rings. The lowest BCUT2D eigenvalue weighted by atomic mass is 9.91. The fourth-order valence-electron chi connectivity index (χ4n) is 2.57. The number of hydrogen-bond donors (Lipinski definition) is 1. The Morgan fingerprint density at radius 3 is 2.95 bits per heavy atom. The van der Waals surface area contributed by atoms with E-state index >= 15 is 0 Å². The van der Waals surface area contributed by atoms with Crippen LogP contribution in [0.25, 0.3) is 10.9 Å². The summed E-state index contributed by atoms with van der Waals surface area (Å²) in [4.78, 5) is 11.6. The number of nitrogens with one attached hydrogen (secondary N) is 1. The molecule has 1 aromatic carbocycles. The second-order valence-electron chi connectivity index (χ2n) is 4.76. The molecule has 1 saturated heterocycles. The second-order valence-corrected chi connectivity index (χ2v) is 4.76. The maximum atomic E-state index is 11.6. The van der Waals surface area contributed by atoms with Crippen LogP contribution in [0.3, 0.4) is 0 Å². The number of nitrogens with zero attached hydrogens (tertiary/aromatic N) is 1. The van der Waals surface area contributed by atoms with Gasteiger partial charge >= 0.3 is 5.97 Å². The van der Waals surface area contributed by atoms with E-state index in [1.165, 1.54) is 12.7 Å². The van der Waals surface area contributed by atoms with E-state index in [2.05, 4.69) is 22.3 Å². The minimum atomic E-state index is -0.412. The average Bonchev–Trinajstić information content (AvgIpc) is 2.90. The molecule has 3 rings (SSSR count). The van der Waals surface area contributed by atoms with Crippen molar-refractivity contribution in [3.63, 3.8) is 0 Å². The minimum Gasteiger partial charge on any atom is -0.464 e. The first-order valence-corrected chi connectivity index (χ1v) is 6.43. The molecule has 1 aliphatic heterocycles. The summed E-state index contributed by atoms with van der Waals surface area (Å²) in [6.07, 6.45) is 2.09. The van der Waals surface area contributed by atoms with Crippen LogP contribution in [0.5, 0.6) is 0 Å². The fraction of sp³-hybridized carbons (Fsp3) is 0.429. The molecule has 0 unspecified atom stereocenters. The summed E-state index contributed by atoms with van der Waals surface area (Å²) < 4.78 is 10.1. The van der Waals surface area contributed by atoms with Crippen molar-refractivity contribution >= 4 is 16.9 Å². The van der Waals surface area contributed by atoms with E-state index in [1.54, 1.807) is 0 Å². The minimum absolute atomic E-state index is 0.344. The molecule has 1 N–H and O–H groups in total. The first kappa shape index (κ1) is 12.2. The van der Waals surface area contributed by atoms with Gasteiger partial charge in [-0.15, -0.1) is 0 Å². The summed E-state index contributed by atoms with van der Waals surface area (Å²) in [5.41, 5.74) is 2.50. The Kier molecular flexibility index (Phi) is 3.21. The highest BCUT2D eigenvalue weighted by molar-refractivity contribution is 6.01. The molecule has 5 nitrogen and oxygen atoms in total. The van der Waals surface area contributed by atoms with Crippen molar-refractivity contribution in [3.05, 3.63) is 29.5 Å². The van der Waals surface area contributed by atoms with Crippen LogP contribution in [0.2, 0.25) is 0 Å². The molecule has 1 aromatic heterocycles. The van der Waals surface area contributed by atoms with Crippen LogP contribution in [-0.4, -0.2) is 36.5 Å². The molecular weight excluding hydrogens is 244 g/mol. The maximum absolute atomic E-state index is 11.6. The quantitative estimate of drug-likeness (QED) is 0.841. The molecule has 5 heteroatoms. The van der Waals surface area contributed by atoms with Gasteiger partial charge in [-0.05, 0) is 30.4 Å². The van der Waals surface area contributed by atoms with E-state index in [9.17, 15) is 4.79 Å². The Morgan fingerprint density at radius 1 is 1.42 bits per heavy atom. The lowest BCUT2D eigenvalue weighted by molar-refractivity contribution is 0.0596. The number of hydrogen-bond acceptors (Lipinski definition) is 4. The predicted molar refractivity (Wildman–Crippen MR) is 70.2 cm³/mol. The summed E-state index contributed by atoms with van der Waals surface area (Å²) in [7, 11) is 1.36. The van der Waals surface area contributed by atoms with Crippen LogP contribution in [-0.2, 0) is 9.47 Å². The van der Waals surface area contributed by atoms with Crippen molar-refractivity contribution in [2.75, 3.05) is 20.3 Å². The van der Waals surface area contributed by atoms with Gasteiger partial charge < -0.3 is 9.47 Å². The topological polar surface area (TPSA) is 64.2 Å². The number of aromatic nitrogens is 2. The highest BCUT2D eigenvalue weighted by Crippen LogP contribution is 2.29. The Hall–Kier alpha value is -1.88. The van der Waals surface area contributed by atoms with Gasteiger partial charge in [0.05, 0.1) is 12.6 Å². The van der Waals surface area contributed by atoms with Crippen LogP contribution in [0.4, 0.5) is 0 Å². The molecule has 2 aromatic rings. The number of carbonyl (C=O) groups excluding carboxylic acids is 1. The molecular formula is C14H16N2O3. The van der Waals surface area contributed by atoms with Crippen molar-refractivity contribution in [3.8, 4) is 0 Å². The Balaban J connectivity index is 1.95. The van der Waals surface area contributed by atoms with E-state index in [4.69, 9.17) is 9.47 Å². The smallest absolute Gasteiger partial charge is 0.359 e. The van der Waals surface area contributed by atoms with Gasteiger partial charge in [-0.1, -0.05) is 12.1 Å². The van der Waals surface area contributed by atoms with Crippen LogP contribution in [0.15, 0.2) is 18.2 Å². The van der Waals surface area contributed by atoms with Crippen LogP contribution >= 0.6 is 0 Å². The van der Waals surface area contributed by atoms with Crippen LogP contribution in [0, 0.1) is 0 Å². The van der Waals surface area contributed by atoms with Crippen LogP contribution in [0.1, 0.15) is 34.8 Å². The number of ether oxygens (including phenoxy) is 2. The van der Waals surface area contributed by atoms with Gasteiger partial charge in [-0.25, -0.2) is 4.79 Å². The molecule has 0 saturated carbocycles. The lowest BCUT2D eigenvalue weighted by Crippen LogP contribution is -2.13. The number of carbonyl (C=O) groups is 1. The van der Waals surface area contributed by atoms with E-state index in [0.717, 1.165) is 37.0 Å². The molecule has 0 bridgehead atoms. The molecule has 19 heavy (non-hydrogen) atoms. The summed E-state index contributed by atoms with van der Waals surface area (Å²) in [5, 5.41) is 7.74. The summed E-state index contributed by atoms with van der Waals surface area (Å²) in [6, 6.07) is 6.08. The Labute approximate surface area is 110 Å². The molecule has 0 radical (unpaired) electrons. The fourth-order valence-corrected chi connectivity index (χ4v) is 2.57. The van der Waals surface area contributed by atoms with E-state index in [0.29, 0.717) is 11.6 Å².